The zero-order chi connectivity index (χ0) is 18.9. The van der Waals surface area contributed by atoms with E-state index in [4.69, 9.17) is 23.9 Å². The standard InChI is InChI=1S/C21H25NO4/c1-13-16-12-25-21(3,4)26-20(16)14(2)22-17(13)9-7-15-8-10-18(23-5)19(11-15)24-6/h7-11H,12H2,1-6H3/b9-7+. The molecule has 26 heavy (non-hydrogen) atoms. The number of aryl methyl sites for hydroxylation is 1. The van der Waals surface area contributed by atoms with Crippen molar-refractivity contribution in [1.29, 1.82) is 0 Å². The van der Waals surface area contributed by atoms with Crippen molar-refractivity contribution < 1.29 is 18.9 Å². The third-order valence-electron chi connectivity index (χ3n) is 4.48. The molecule has 0 amide bonds. The number of benzene rings is 1. The van der Waals surface area contributed by atoms with Crippen molar-refractivity contribution in [3.63, 3.8) is 0 Å². The van der Waals surface area contributed by atoms with Crippen molar-refractivity contribution >= 4 is 12.2 Å². The summed E-state index contributed by atoms with van der Waals surface area (Å²) >= 11 is 0. The number of hydrogen-bond donors (Lipinski definition) is 0. The second-order valence-corrected chi connectivity index (χ2v) is 6.75. The van der Waals surface area contributed by atoms with Crippen LogP contribution < -0.4 is 14.2 Å². The Labute approximate surface area is 154 Å². The van der Waals surface area contributed by atoms with Gasteiger partial charge >= 0.3 is 0 Å². The lowest BCUT2D eigenvalue weighted by molar-refractivity contribution is -0.180. The van der Waals surface area contributed by atoms with Gasteiger partial charge in [0.1, 0.15) is 5.75 Å². The Bertz CT molecular complexity index is 856. The number of fused-ring (bicyclic) bond motifs is 1. The highest BCUT2D eigenvalue weighted by atomic mass is 16.7. The Hall–Kier alpha value is -2.53. The molecule has 3 rings (SSSR count). The van der Waals surface area contributed by atoms with Gasteiger partial charge in [-0.3, -0.25) is 0 Å². The highest BCUT2D eigenvalue weighted by Crippen LogP contribution is 2.36. The van der Waals surface area contributed by atoms with E-state index in [1.807, 2.05) is 58.0 Å². The van der Waals surface area contributed by atoms with Gasteiger partial charge in [0.25, 0.3) is 0 Å². The molecule has 1 aromatic heterocycles. The first-order valence-electron chi connectivity index (χ1n) is 8.58. The lowest BCUT2D eigenvalue weighted by Gasteiger charge is -2.34. The molecule has 1 aromatic carbocycles. The van der Waals surface area contributed by atoms with Crippen molar-refractivity contribution in [2.45, 2.75) is 40.1 Å². The highest BCUT2D eigenvalue weighted by Gasteiger charge is 2.30. The lowest BCUT2D eigenvalue weighted by Crippen LogP contribution is -2.36. The summed E-state index contributed by atoms with van der Waals surface area (Å²) in [6, 6.07) is 5.80. The van der Waals surface area contributed by atoms with E-state index in [1.165, 1.54) is 0 Å². The maximum atomic E-state index is 5.97. The van der Waals surface area contributed by atoms with E-state index in [0.29, 0.717) is 18.1 Å². The van der Waals surface area contributed by atoms with E-state index in [1.54, 1.807) is 14.2 Å². The molecule has 0 fully saturated rings. The van der Waals surface area contributed by atoms with E-state index in [2.05, 4.69) is 0 Å². The van der Waals surface area contributed by atoms with Crippen LogP contribution in [0.2, 0.25) is 0 Å². The quantitative estimate of drug-likeness (QED) is 0.806. The minimum Gasteiger partial charge on any atom is -0.493 e. The van der Waals surface area contributed by atoms with E-state index < -0.39 is 5.79 Å². The molecule has 5 heteroatoms. The molecule has 5 nitrogen and oxygen atoms in total. The molecule has 0 bridgehead atoms. The van der Waals surface area contributed by atoms with Crippen LogP contribution in [-0.4, -0.2) is 25.0 Å². The fraction of sp³-hybridized carbons (Fsp3) is 0.381. The maximum Gasteiger partial charge on any atom is 0.205 e. The average molecular weight is 355 g/mol. The number of aromatic nitrogens is 1. The fourth-order valence-electron chi connectivity index (χ4n) is 2.98. The zero-order valence-corrected chi connectivity index (χ0v) is 16.2. The molecule has 0 N–H and O–H groups in total. The van der Waals surface area contributed by atoms with Crippen LogP contribution in [0.1, 0.15) is 41.9 Å². The second-order valence-electron chi connectivity index (χ2n) is 6.75. The molecule has 2 heterocycles. The highest BCUT2D eigenvalue weighted by molar-refractivity contribution is 5.72. The van der Waals surface area contributed by atoms with Crippen molar-refractivity contribution in [1.82, 2.24) is 4.98 Å². The molecular weight excluding hydrogens is 330 g/mol. The van der Waals surface area contributed by atoms with Gasteiger partial charge in [0.15, 0.2) is 11.5 Å². The monoisotopic (exact) mass is 355 g/mol. The summed E-state index contributed by atoms with van der Waals surface area (Å²) in [5.41, 5.74) is 4.91. The molecule has 0 saturated carbocycles. The van der Waals surface area contributed by atoms with Gasteiger partial charge in [-0.25, -0.2) is 4.98 Å². The SMILES string of the molecule is COc1ccc(/C=C/c2nc(C)c3c(c2C)COC(C)(C)O3)cc1OC. The minimum absolute atomic E-state index is 0.523. The summed E-state index contributed by atoms with van der Waals surface area (Å²) in [6.07, 6.45) is 4.02. The van der Waals surface area contributed by atoms with Gasteiger partial charge in [-0.15, -0.1) is 0 Å². The van der Waals surface area contributed by atoms with Crippen LogP contribution in [0, 0.1) is 13.8 Å². The van der Waals surface area contributed by atoms with Crippen LogP contribution in [0.15, 0.2) is 18.2 Å². The summed E-state index contributed by atoms with van der Waals surface area (Å²) in [5, 5.41) is 0. The van der Waals surface area contributed by atoms with Crippen LogP contribution in [0.25, 0.3) is 12.2 Å². The van der Waals surface area contributed by atoms with Crippen molar-refractivity contribution in [2.24, 2.45) is 0 Å². The molecule has 0 spiro atoms. The first-order chi connectivity index (χ1) is 12.3. The summed E-state index contributed by atoms with van der Waals surface area (Å²) in [6.45, 7) is 8.36. The van der Waals surface area contributed by atoms with Crippen LogP contribution in [0.4, 0.5) is 0 Å². The van der Waals surface area contributed by atoms with Gasteiger partial charge in [0.05, 0.1) is 32.2 Å². The number of hydrogen-bond acceptors (Lipinski definition) is 5. The third kappa shape index (κ3) is 3.53. The Morgan fingerprint density at radius 3 is 2.50 bits per heavy atom. The smallest absolute Gasteiger partial charge is 0.205 e. The number of nitrogens with zero attached hydrogens (tertiary/aromatic N) is 1. The summed E-state index contributed by atoms with van der Waals surface area (Å²) in [5.74, 6) is 1.62. The predicted molar refractivity (Wildman–Crippen MR) is 102 cm³/mol. The third-order valence-corrected chi connectivity index (χ3v) is 4.48. The van der Waals surface area contributed by atoms with Crippen LogP contribution in [-0.2, 0) is 11.3 Å². The van der Waals surface area contributed by atoms with Crippen molar-refractivity contribution in [3.05, 3.63) is 46.3 Å². The predicted octanol–water partition coefficient (Wildman–Crippen LogP) is 4.53. The van der Waals surface area contributed by atoms with Crippen molar-refractivity contribution in [2.75, 3.05) is 14.2 Å². The zero-order valence-electron chi connectivity index (χ0n) is 16.2. The molecule has 0 atom stereocenters. The maximum absolute atomic E-state index is 5.97. The van der Waals surface area contributed by atoms with Crippen molar-refractivity contribution in [3.8, 4) is 17.2 Å². The average Bonchev–Trinajstić information content (AvgIpc) is 2.62. The summed E-state index contributed by atoms with van der Waals surface area (Å²) < 4.78 is 22.4. The molecule has 1 aliphatic heterocycles. The number of ether oxygens (including phenoxy) is 4. The Morgan fingerprint density at radius 2 is 1.81 bits per heavy atom. The van der Waals surface area contributed by atoms with Gasteiger partial charge < -0.3 is 18.9 Å². The minimum atomic E-state index is -0.622. The Balaban J connectivity index is 1.94. The molecule has 2 aromatic rings. The van der Waals surface area contributed by atoms with Crippen LogP contribution in [0.3, 0.4) is 0 Å². The summed E-state index contributed by atoms with van der Waals surface area (Å²) in [7, 11) is 3.26. The van der Waals surface area contributed by atoms with E-state index in [0.717, 1.165) is 33.8 Å². The van der Waals surface area contributed by atoms with Gasteiger partial charge in [0.2, 0.25) is 5.79 Å². The van der Waals surface area contributed by atoms with E-state index >= 15 is 0 Å². The molecule has 0 radical (unpaired) electrons. The summed E-state index contributed by atoms with van der Waals surface area (Å²) in [4.78, 5) is 4.72. The number of methoxy groups -OCH3 is 2. The Morgan fingerprint density at radius 1 is 1.08 bits per heavy atom. The lowest BCUT2D eigenvalue weighted by atomic mass is 10.0. The number of rotatable bonds is 4. The molecule has 138 valence electrons. The second kappa shape index (κ2) is 7.00. The van der Waals surface area contributed by atoms with E-state index in [9.17, 15) is 0 Å². The van der Waals surface area contributed by atoms with Crippen LogP contribution >= 0.6 is 0 Å². The first kappa shape index (κ1) is 18.3. The molecule has 0 saturated heterocycles. The van der Waals surface area contributed by atoms with E-state index in [-0.39, 0.29) is 0 Å². The van der Waals surface area contributed by atoms with Gasteiger partial charge in [0, 0.05) is 19.4 Å². The fourth-order valence-corrected chi connectivity index (χ4v) is 2.98. The normalized spacial score (nSPS) is 15.5. The topological polar surface area (TPSA) is 49.8 Å². The van der Waals surface area contributed by atoms with Crippen LogP contribution in [0.5, 0.6) is 17.2 Å². The Kier molecular flexibility index (Phi) is 4.92. The molecule has 1 aliphatic rings. The number of pyridine rings is 1. The molecular formula is C21H25NO4. The molecule has 0 aliphatic carbocycles. The van der Waals surface area contributed by atoms with Gasteiger partial charge in [-0.1, -0.05) is 12.1 Å². The van der Waals surface area contributed by atoms with Gasteiger partial charge in [-0.2, -0.15) is 0 Å². The van der Waals surface area contributed by atoms with Gasteiger partial charge in [-0.05, 0) is 43.2 Å². The molecule has 0 unspecified atom stereocenters. The largest absolute Gasteiger partial charge is 0.493 e. The first-order valence-corrected chi connectivity index (χ1v) is 8.58.